The molecule has 0 amide bonds. The summed E-state index contributed by atoms with van der Waals surface area (Å²) in [4.78, 5) is 23.8. The van der Waals surface area contributed by atoms with Crippen LogP contribution in [0.15, 0.2) is 0 Å². The number of carboxylic acids is 1. The predicted molar refractivity (Wildman–Crippen MR) is 53.4 cm³/mol. The molecule has 0 bridgehead atoms. The van der Waals surface area contributed by atoms with Crippen LogP contribution in [0.25, 0.3) is 0 Å². The Labute approximate surface area is 89.0 Å². The van der Waals surface area contributed by atoms with E-state index >= 15 is 0 Å². The van der Waals surface area contributed by atoms with Crippen LogP contribution in [0.5, 0.6) is 0 Å². The molecule has 1 fully saturated rings. The lowest BCUT2D eigenvalue weighted by Crippen LogP contribution is -2.41. The van der Waals surface area contributed by atoms with Gasteiger partial charge >= 0.3 is 11.9 Å². The van der Waals surface area contributed by atoms with Crippen molar-refractivity contribution in [1.29, 1.82) is 0 Å². The van der Waals surface area contributed by atoms with Crippen LogP contribution < -0.4 is 0 Å². The summed E-state index contributed by atoms with van der Waals surface area (Å²) in [5.74, 6) is -1.62. The number of aliphatic carboxylic acids is 1. The first-order valence-corrected chi connectivity index (χ1v) is 5.09. The number of carboxylic acid groups (broad SMARTS) is 1. The Bertz CT molecular complexity index is 246. The number of piperidine rings is 1. The lowest BCUT2D eigenvalue weighted by molar-refractivity contribution is -0.167. The molecule has 0 aromatic rings. The number of hydrogen-bond acceptors (Lipinski definition) is 4. The molecule has 1 saturated heterocycles. The van der Waals surface area contributed by atoms with Crippen molar-refractivity contribution in [2.45, 2.75) is 25.9 Å². The summed E-state index contributed by atoms with van der Waals surface area (Å²) in [6.07, 6.45) is 0.554. The summed E-state index contributed by atoms with van der Waals surface area (Å²) < 4.78 is 4.83. The van der Waals surface area contributed by atoms with Gasteiger partial charge < -0.3 is 14.7 Å². The minimum atomic E-state index is -1.04. The SMILES string of the molecule is CC(=O)OC(C(=O)O)C1CCN(C)CC1. The van der Waals surface area contributed by atoms with E-state index in [1.54, 1.807) is 0 Å². The molecule has 1 unspecified atom stereocenters. The quantitative estimate of drug-likeness (QED) is 0.688. The average Bonchev–Trinajstić information content (AvgIpc) is 2.15. The molecule has 15 heavy (non-hydrogen) atoms. The summed E-state index contributed by atoms with van der Waals surface area (Å²) in [6, 6.07) is 0. The van der Waals surface area contributed by atoms with E-state index in [1.165, 1.54) is 6.92 Å². The van der Waals surface area contributed by atoms with Gasteiger partial charge in [0.15, 0.2) is 0 Å². The second kappa shape index (κ2) is 5.11. The zero-order valence-electron chi connectivity index (χ0n) is 9.10. The molecule has 0 aliphatic carbocycles. The molecule has 5 nitrogen and oxygen atoms in total. The Hall–Kier alpha value is -1.10. The number of nitrogens with zero attached hydrogens (tertiary/aromatic N) is 1. The Morgan fingerprint density at radius 3 is 2.33 bits per heavy atom. The van der Waals surface area contributed by atoms with Crippen LogP contribution in [-0.2, 0) is 14.3 Å². The zero-order valence-corrected chi connectivity index (χ0v) is 9.10. The highest BCUT2D eigenvalue weighted by atomic mass is 16.6. The van der Waals surface area contributed by atoms with Crippen LogP contribution in [0.1, 0.15) is 19.8 Å². The van der Waals surface area contributed by atoms with Gasteiger partial charge in [0.2, 0.25) is 6.10 Å². The van der Waals surface area contributed by atoms with Gasteiger partial charge in [-0.25, -0.2) is 4.79 Å². The summed E-state index contributed by atoms with van der Waals surface area (Å²) in [7, 11) is 2.00. The summed E-state index contributed by atoms with van der Waals surface area (Å²) in [6.45, 7) is 2.95. The topological polar surface area (TPSA) is 66.8 Å². The van der Waals surface area contributed by atoms with Crippen molar-refractivity contribution >= 4 is 11.9 Å². The van der Waals surface area contributed by atoms with Crippen molar-refractivity contribution in [3.8, 4) is 0 Å². The van der Waals surface area contributed by atoms with Gasteiger partial charge in [-0.05, 0) is 33.0 Å². The van der Waals surface area contributed by atoms with Crippen molar-refractivity contribution in [3.63, 3.8) is 0 Å². The van der Waals surface area contributed by atoms with Crippen molar-refractivity contribution in [2.24, 2.45) is 5.92 Å². The van der Waals surface area contributed by atoms with E-state index in [0.29, 0.717) is 0 Å². The molecule has 1 atom stereocenters. The molecular formula is C10H17NO4. The van der Waals surface area contributed by atoms with E-state index in [1.807, 2.05) is 7.05 Å². The zero-order chi connectivity index (χ0) is 11.4. The van der Waals surface area contributed by atoms with E-state index < -0.39 is 18.0 Å². The third kappa shape index (κ3) is 3.51. The second-order valence-corrected chi connectivity index (χ2v) is 4.01. The Morgan fingerprint density at radius 1 is 1.40 bits per heavy atom. The molecule has 1 aliphatic rings. The van der Waals surface area contributed by atoms with Crippen LogP contribution >= 0.6 is 0 Å². The van der Waals surface area contributed by atoms with Gasteiger partial charge in [0, 0.05) is 12.8 Å². The standard InChI is InChI=1S/C10H17NO4/c1-7(12)15-9(10(13)14)8-3-5-11(2)6-4-8/h8-9H,3-6H2,1-2H3,(H,13,14). The maximum absolute atomic E-state index is 10.9. The Kier molecular flexibility index (Phi) is 4.08. The molecule has 1 aliphatic heterocycles. The van der Waals surface area contributed by atoms with E-state index in [2.05, 4.69) is 4.90 Å². The predicted octanol–water partition coefficient (Wildman–Crippen LogP) is 0.345. The third-order valence-corrected chi connectivity index (χ3v) is 2.73. The van der Waals surface area contributed by atoms with E-state index in [0.717, 1.165) is 25.9 Å². The summed E-state index contributed by atoms with van der Waals surface area (Å²) in [5, 5.41) is 8.95. The van der Waals surface area contributed by atoms with Gasteiger partial charge in [0.1, 0.15) is 0 Å². The number of likely N-dealkylation sites (tertiary alicyclic amines) is 1. The monoisotopic (exact) mass is 215 g/mol. The van der Waals surface area contributed by atoms with Crippen LogP contribution in [0.2, 0.25) is 0 Å². The van der Waals surface area contributed by atoms with Crippen LogP contribution in [0.3, 0.4) is 0 Å². The number of hydrogen-bond donors (Lipinski definition) is 1. The molecule has 1 heterocycles. The maximum Gasteiger partial charge on any atom is 0.345 e. The van der Waals surface area contributed by atoms with Crippen molar-refractivity contribution < 1.29 is 19.4 Å². The lowest BCUT2D eigenvalue weighted by atomic mass is 9.91. The Balaban J connectivity index is 2.56. The van der Waals surface area contributed by atoms with Gasteiger partial charge in [-0.3, -0.25) is 4.79 Å². The average molecular weight is 215 g/mol. The van der Waals surface area contributed by atoms with Gasteiger partial charge in [-0.1, -0.05) is 0 Å². The second-order valence-electron chi connectivity index (χ2n) is 4.01. The number of esters is 1. The third-order valence-electron chi connectivity index (χ3n) is 2.73. The number of carbonyl (C=O) groups excluding carboxylic acids is 1. The molecule has 0 radical (unpaired) electrons. The van der Waals surface area contributed by atoms with Crippen molar-refractivity contribution in [3.05, 3.63) is 0 Å². The molecule has 0 aromatic heterocycles. The fourth-order valence-corrected chi connectivity index (χ4v) is 1.86. The van der Waals surface area contributed by atoms with Crippen molar-refractivity contribution in [1.82, 2.24) is 4.90 Å². The van der Waals surface area contributed by atoms with Crippen LogP contribution in [-0.4, -0.2) is 48.2 Å². The summed E-state index contributed by atoms with van der Waals surface area (Å²) in [5.41, 5.74) is 0. The molecule has 0 aromatic carbocycles. The highest BCUT2D eigenvalue weighted by Crippen LogP contribution is 2.22. The Morgan fingerprint density at radius 2 is 1.93 bits per heavy atom. The fourth-order valence-electron chi connectivity index (χ4n) is 1.86. The first kappa shape index (κ1) is 12.0. The fraction of sp³-hybridized carbons (Fsp3) is 0.800. The molecule has 1 rings (SSSR count). The molecule has 0 spiro atoms. The first-order valence-electron chi connectivity index (χ1n) is 5.09. The largest absolute Gasteiger partial charge is 0.478 e. The van der Waals surface area contributed by atoms with E-state index in [-0.39, 0.29) is 5.92 Å². The highest BCUT2D eigenvalue weighted by Gasteiger charge is 2.32. The maximum atomic E-state index is 10.9. The smallest absolute Gasteiger partial charge is 0.345 e. The molecule has 86 valence electrons. The molecule has 1 N–H and O–H groups in total. The number of rotatable bonds is 3. The van der Waals surface area contributed by atoms with Crippen molar-refractivity contribution in [2.75, 3.05) is 20.1 Å². The minimum absolute atomic E-state index is 0.0531. The molecule has 5 heteroatoms. The normalized spacial score (nSPS) is 20.9. The van der Waals surface area contributed by atoms with E-state index in [9.17, 15) is 9.59 Å². The lowest BCUT2D eigenvalue weighted by Gasteiger charge is -2.31. The van der Waals surface area contributed by atoms with Gasteiger partial charge in [-0.2, -0.15) is 0 Å². The van der Waals surface area contributed by atoms with Gasteiger partial charge in [-0.15, -0.1) is 0 Å². The van der Waals surface area contributed by atoms with Crippen LogP contribution in [0.4, 0.5) is 0 Å². The highest BCUT2D eigenvalue weighted by molar-refractivity contribution is 5.77. The van der Waals surface area contributed by atoms with Gasteiger partial charge in [0.25, 0.3) is 0 Å². The number of carbonyl (C=O) groups is 2. The van der Waals surface area contributed by atoms with Crippen LogP contribution in [0, 0.1) is 5.92 Å². The number of ether oxygens (including phenoxy) is 1. The first-order chi connectivity index (χ1) is 7.00. The van der Waals surface area contributed by atoms with Gasteiger partial charge in [0.05, 0.1) is 0 Å². The van der Waals surface area contributed by atoms with E-state index in [4.69, 9.17) is 9.84 Å². The minimum Gasteiger partial charge on any atom is -0.478 e. The molecule has 0 saturated carbocycles. The summed E-state index contributed by atoms with van der Waals surface area (Å²) >= 11 is 0. The molecular weight excluding hydrogens is 198 g/mol.